The van der Waals surface area contributed by atoms with Crippen LogP contribution in [-0.4, -0.2) is 50.4 Å². The number of halogens is 3. The Bertz CT molecular complexity index is 1550. The van der Waals surface area contributed by atoms with Crippen molar-refractivity contribution in [2.75, 3.05) is 26.3 Å². The molecule has 0 spiro atoms. The Balaban J connectivity index is 1.42. The summed E-state index contributed by atoms with van der Waals surface area (Å²) < 4.78 is 50.6. The molecule has 6 rings (SSSR count). The minimum absolute atomic E-state index is 0.0294. The molecule has 1 N–H and O–H groups in total. The summed E-state index contributed by atoms with van der Waals surface area (Å²) in [6, 6.07) is 8.65. The van der Waals surface area contributed by atoms with E-state index in [0.717, 1.165) is 47.2 Å². The van der Waals surface area contributed by atoms with E-state index >= 15 is 0 Å². The zero-order chi connectivity index (χ0) is 27.3. The number of H-pyrrole nitrogens is 1. The molecule has 2 aliphatic rings. The number of likely N-dealkylation sites (tertiary alicyclic amines) is 1. The Morgan fingerprint density at radius 3 is 2.69 bits per heavy atom. The van der Waals surface area contributed by atoms with E-state index in [0.29, 0.717) is 36.9 Å². The normalized spacial score (nSPS) is 19.9. The van der Waals surface area contributed by atoms with Gasteiger partial charge in [-0.05, 0) is 67.1 Å². The van der Waals surface area contributed by atoms with E-state index in [2.05, 4.69) is 22.0 Å². The number of aromatic amines is 1. The quantitative estimate of drug-likeness (QED) is 0.368. The van der Waals surface area contributed by atoms with E-state index in [9.17, 15) is 18.0 Å². The predicted octanol–water partition coefficient (Wildman–Crippen LogP) is 5.15. The van der Waals surface area contributed by atoms with Gasteiger partial charge in [0.15, 0.2) is 0 Å². The van der Waals surface area contributed by atoms with Gasteiger partial charge >= 0.3 is 11.9 Å². The maximum Gasteiger partial charge on any atom is 0.418 e. The van der Waals surface area contributed by atoms with E-state index in [-0.39, 0.29) is 17.4 Å². The smallest absolute Gasteiger partial charge is 0.381 e. The summed E-state index contributed by atoms with van der Waals surface area (Å²) in [7, 11) is 0. The standard InChI is InChI=1S/C29H32F3N5O2/c1-18-5-4-8-35(12-18)13-20-9-24(29(30,31)32)25-15-36(28(38)37(25)14-20)23-7-3-6-21(10-23)26(22-16-39-17-22)27-19(2)11-33-34-27/h3,6-7,9-11,14-15,18,22,26H,4-5,8,12-13,16-17H2,1-2H3,(H,33,34)/t18-,26?/m0/s1. The van der Waals surface area contributed by atoms with Crippen molar-refractivity contribution in [3.63, 3.8) is 0 Å². The van der Waals surface area contributed by atoms with Crippen LogP contribution in [0, 0.1) is 18.8 Å². The molecule has 10 heteroatoms. The zero-order valence-corrected chi connectivity index (χ0v) is 22.0. The second kappa shape index (κ2) is 9.98. The Labute approximate surface area is 224 Å². The second-order valence-corrected chi connectivity index (χ2v) is 11.1. The SMILES string of the molecule is Cc1cn[nH]c1C(c1cccc(-n2cc3c(C(F)(F)F)cc(CN4CCC[C@H](C)C4)cn3c2=O)c1)C1COC1. The van der Waals surface area contributed by atoms with Crippen LogP contribution < -0.4 is 5.69 Å². The van der Waals surface area contributed by atoms with E-state index < -0.39 is 17.4 Å². The first-order valence-electron chi connectivity index (χ1n) is 13.4. The molecule has 3 aromatic heterocycles. The molecule has 0 aliphatic carbocycles. The third-order valence-electron chi connectivity index (χ3n) is 8.10. The van der Waals surface area contributed by atoms with Crippen LogP contribution >= 0.6 is 0 Å². The lowest BCUT2D eigenvalue weighted by atomic mass is 9.81. The van der Waals surface area contributed by atoms with E-state index in [4.69, 9.17) is 4.74 Å². The highest BCUT2D eigenvalue weighted by molar-refractivity contribution is 5.58. The summed E-state index contributed by atoms with van der Waals surface area (Å²) in [4.78, 5) is 15.7. The molecule has 0 saturated carbocycles. The minimum atomic E-state index is -4.59. The average molecular weight is 540 g/mol. The van der Waals surface area contributed by atoms with E-state index in [1.54, 1.807) is 18.5 Å². The van der Waals surface area contributed by atoms with Crippen LogP contribution in [0.5, 0.6) is 0 Å². The van der Waals surface area contributed by atoms with Gasteiger partial charge in [-0.25, -0.2) is 4.79 Å². The Morgan fingerprint density at radius 1 is 1.21 bits per heavy atom. The van der Waals surface area contributed by atoms with Crippen LogP contribution in [-0.2, 0) is 17.5 Å². The number of nitrogens with one attached hydrogen (secondary N) is 1. The highest BCUT2D eigenvalue weighted by atomic mass is 19.4. The van der Waals surface area contributed by atoms with Crippen LogP contribution in [0.3, 0.4) is 0 Å². The lowest BCUT2D eigenvalue weighted by Gasteiger charge is -2.34. The van der Waals surface area contributed by atoms with Gasteiger partial charge in [0.25, 0.3) is 0 Å². The first-order chi connectivity index (χ1) is 18.7. The zero-order valence-electron chi connectivity index (χ0n) is 22.0. The van der Waals surface area contributed by atoms with Crippen LogP contribution in [0.1, 0.15) is 53.6 Å². The number of fused-ring (bicyclic) bond motifs is 1. The molecule has 0 bridgehead atoms. The maximum absolute atomic E-state index is 14.2. The second-order valence-electron chi connectivity index (χ2n) is 11.1. The summed E-state index contributed by atoms with van der Waals surface area (Å²) in [5.41, 5.74) is 2.48. The largest absolute Gasteiger partial charge is 0.418 e. The van der Waals surface area contributed by atoms with Crippen molar-refractivity contribution in [3.05, 3.63) is 87.4 Å². The molecule has 4 aromatic rings. The number of piperidine rings is 1. The van der Waals surface area contributed by atoms with Crippen LogP contribution in [0.25, 0.3) is 11.2 Å². The van der Waals surface area contributed by atoms with Gasteiger partial charge in [-0.2, -0.15) is 18.3 Å². The number of rotatable bonds is 6. The lowest BCUT2D eigenvalue weighted by Crippen LogP contribution is -2.34. The van der Waals surface area contributed by atoms with Crippen molar-refractivity contribution >= 4 is 5.52 Å². The first-order valence-corrected chi connectivity index (χ1v) is 13.4. The molecule has 1 aromatic carbocycles. The molecule has 7 nitrogen and oxygen atoms in total. The number of benzene rings is 1. The van der Waals surface area contributed by atoms with Crippen molar-refractivity contribution < 1.29 is 17.9 Å². The van der Waals surface area contributed by atoms with Crippen molar-refractivity contribution in [2.45, 2.75) is 45.3 Å². The number of nitrogens with zero attached hydrogens (tertiary/aromatic N) is 4. The third-order valence-corrected chi connectivity index (χ3v) is 8.10. The molecule has 1 unspecified atom stereocenters. The third kappa shape index (κ3) is 4.91. The van der Waals surface area contributed by atoms with Crippen LogP contribution in [0.2, 0.25) is 0 Å². The van der Waals surface area contributed by atoms with Gasteiger partial charge in [0.1, 0.15) is 0 Å². The fourth-order valence-corrected chi connectivity index (χ4v) is 6.09. The van der Waals surface area contributed by atoms with Gasteiger partial charge in [-0.15, -0.1) is 0 Å². The van der Waals surface area contributed by atoms with Gasteiger partial charge < -0.3 is 4.74 Å². The molecule has 2 fully saturated rings. The fraction of sp³-hybridized carbons (Fsp3) is 0.448. The van der Waals surface area contributed by atoms with Crippen molar-refractivity contribution in [3.8, 4) is 5.69 Å². The van der Waals surface area contributed by atoms with E-state index in [1.807, 2.05) is 25.1 Å². The monoisotopic (exact) mass is 539 g/mol. The summed E-state index contributed by atoms with van der Waals surface area (Å²) >= 11 is 0. The summed E-state index contributed by atoms with van der Waals surface area (Å²) in [5.74, 6) is 0.709. The number of ether oxygens (including phenoxy) is 1. The lowest BCUT2D eigenvalue weighted by molar-refractivity contribution is -0.136. The molecular weight excluding hydrogens is 507 g/mol. The van der Waals surface area contributed by atoms with Crippen LogP contribution in [0.15, 0.2) is 53.7 Å². The van der Waals surface area contributed by atoms with Crippen molar-refractivity contribution in [2.24, 2.45) is 11.8 Å². The summed E-state index contributed by atoms with van der Waals surface area (Å²) in [5, 5.41) is 7.29. The van der Waals surface area contributed by atoms with Crippen molar-refractivity contribution in [1.82, 2.24) is 24.1 Å². The molecular formula is C29H32F3N5O2. The molecule has 206 valence electrons. The average Bonchev–Trinajstić information content (AvgIpc) is 3.43. The number of alkyl halides is 3. The highest BCUT2D eigenvalue weighted by Crippen LogP contribution is 2.38. The number of aromatic nitrogens is 4. The Hall–Kier alpha value is -3.37. The Kier molecular flexibility index (Phi) is 6.63. The minimum Gasteiger partial charge on any atom is -0.381 e. The molecule has 0 amide bonds. The molecule has 39 heavy (non-hydrogen) atoms. The molecule has 2 saturated heterocycles. The van der Waals surface area contributed by atoms with Crippen LogP contribution in [0.4, 0.5) is 13.2 Å². The van der Waals surface area contributed by atoms with E-state index in [1.165, 1.54) is 16.8 Å². The van der Waals surface area contributed by atoms with Crippen molar-refractivity contribution in [1.29, 1.82) is 0 Å². The molecule has 0 radical (unpaired) electrons. The predicted molar refractivity (Wildman–Crippen MR) is 141 cm³/mol. The number of pyridine rings is 1. The summed E-state index contributed by atoms with van der Waals surface area (Å²) in [6.45, 7) is 7.42. The molecule has 5 heterocycles. The number of imidazole rings is 1. The van der Waals surface area contributed by atoms with Gasteiger partial charge in [0.2, 0.25) is 0 Å². The first kappa shape index (κ1) is 25.9. The fourth-order valence-electron chi connectivity index (χ4n) is 6.09. The molecule has 2 aliphatic heterocycles. The van der Waals surface area contributed by atoms with Gasteiger partial charge in [0, 0.05) is 43.0 Å². The topological polar surface area (TPSA) is 67.6 Å². The number of hydrogen-bond acceptors (Lipinski definition) is 4. The maximum atomic E-state index is 14.2. The number of aryl methyl sites for hydroxylation is 1. The van der Waals surface area contributed by atoms with Gasteiger partial charge in [-0.3, -0.25) is 19.0 Å². The summed E-state index contributed by atoms with van der Waals surface area (Å²) in [6.07, 6.45) is 2.20. The Morgan fingerprint density at radius 2 is 2.03 bits per heavy atom. The van der Waals surface area contributed by atoms with Gasteiger partial charge in [-0.1, -0.05) is 19.1 Å². The number of hydrogen-bond donors (Lipinski definition) is 1. The van der Waals surface area contributed by atoms with Gasteiger partial charge in [0.05, 0.1) is 36.2 Å². The highest BCUT2D eigenvalue weighted by Gasteiger charge is 2.35. The molecule has 2 atom stereocenters.